The minimum Gasteiger partial charge on any atom is -0.369 e. The molecule has 0 atom stereocenters. The molecule has 3 amide bonds. The SMILES string of the molecule is NC(=O)Cc1ccccc1NC(=O)C(=O)NCCCc1ccccc1. The predicted molar refractivity (Wildman–Crippen MR) is 95.7 cm³/mol. The zero-order valence-corrected chi connectivity index (χ0v) is 13.8. The third-order valence-electron chi connectivity index (χ3n) is 3.61. The molecule has 2 aromatic rings. The van der Waals surface area contributed by atoms with Gasteiger partial charge < -0.3 is 16.4 Å². The van der Waals surface area contributed by atoms with Crippen LogP contribution in [-0.4, -0.2) is 24.3 Å². The summed E-state index contributed by atoms with van der Waals surface area (Å²) in [6.07, 6.45) is 1.56. The Morgan fingerprint density at radius 1 is 0.880 bits per heavy atom. The van der Waals surface area contributed by atoms with Crippen molar-refractivity contribution >= 4 is 23.4 Å². The van der Waals surface area contributed by atoms with Crippen molar-refractivity contribution in [3.63, 3.8) is 0 Å². The van der Waals surface area contributed by atoms with E-state index in [0.29, 0.717) is 17.8 Å². The predicted octanol–water partition coefficient (Wildman–Crippen LogP) is 1.40. The number of benzene rings is 2. The Labute approximate surface area is 146 Å². The summed E-state index contributed by atoms with van der Waals surface area (Å²) in [6.45, 7) is 0.407. The van der Waals surface area contributed by atoms with Crippen LogP contribution in [0.4, 0.5) is 5.69 Å². The van der Waals surface area contributed by atoms with E-state index in [-0.39, 0.29) is 6.42 Å². The number of hydrogen-bond acceptors (Lipinski definition) is 3. The van der Waals surface area contributed by atoms with E-state index in [4.69, 9.17) is 5.73 Å². The standard InChI is InChI=1S/C19H21N3O3/c20-17(23)13-15-10-4-5-11-16(15)22-19(25)18(24)21-12-6-9-14-7-2-1-3-8-14/h1-5,7-8,10-11H,6,9,12-13H2,(H2,20,23)(H,21,24)(H,22,25). The van der Waals surface area contributed by atoms with Crippen LogP contribution in [0.15, 0.2) is 54.6 Å². The molecule has 0 fully saturated rings. The second-order valence-corrected chi connectivity index (χ2v) is 5.60. The van der Waals surface area contributed by atoms with Crippen LogP contribution in [-0.2, 0) is 27.2 Å². The Hall–Kier alpha value is -3.15. The number of amides is 3. The summed E-state index contributed by atoms with van der Waals surface area (Å²) in [6, 6.07) is 16.7. The average molecular weight is 339 g/mol. The van der Waals surface area contributed by atoms with Gasteiger partial charge in [-0.1, -0.05) is 48.5 Å². The third-order valence-corrected chi connectivity index (χ3v) is 3.61. The van der Waals surface area contributed by atoms with Gasteiger partial charge in [0, 0.05) is 12.2 Å². The van der Waals surface area contributed by atoms with Crippen molar-refractivity contribution in [3.8, 4) is 0 Å². The molecular weight excluding hydrogens is 318 g/mol. The molecule has 130 valence electrons. The molecule has 0 radical (unpaired) electrons. The number of hydrogen-bond donors (Lipinski definition) is 3. The number of carbonyl (C=O) groups is 3. The monoisotopic (exact) mass is 339 g/mol. The normalized spacial score (nSPS) is 10.1. The van der Waals surface area contributed by atoms with Gasteiger partial charge in [0.1, 0.15) is 0 Å². The number of nitrogens with two attached hydrogens (primary N) is 1. The minimum atomic E-state index is -0.767. The summed E-state index contributed by atoms with van der Waals surface area (Å²) in [4.78, 5) is 34.9. The van der Waals surface area contributed by atoms with E-state index in [1.165, 1.54) is 5.56 Å². The summed E-state index contributed by atoms with van der Waals surface area (Å²) in [5.74, 6) is -1.98. The molecule has 25 heavy (non-hydrogen) atoms. The number of rotatable bonds is 7. The molecule has 0 aliphatic carbocycles. The van der Waals surface area contributed by atoms with Crippen molar-refractivity contribution in [1.29, 1.82) is 0 Å². The zero-order chi connectivity index (χ0) is 18.1. The lowest BCUT2D eigenvalue weighted by atomic mass is 10.1. The van der Waals surface area contributed by atoms with Gasteiger partial charge in [0.2, 0.25) is 5.91 Å². The number of nitrogens with one attached hydrogen (secondary N) is 2. The molecule has 0 spiro atoms. The van der Waals surface area contributed by atoms with E-state index < -0.39 is 17.7 Å². The molecule has 0 bridgehead atoms. The Morgan fingerprint density at radius 3 is 2.28 bits per heavy atom. The van der Waals surface area contributed by atoms with Crippen LogP contribution in [0.1, 0.15) is 17.5 Å². The lowest BCUT2D eigenvalue weighted by Crippen LogP contribution is -2.36. The van der Waals surface area contributed by atoms with Crippen molar-refractivity contribution in [1.82, 2.24) is 5.32 Å². The summed E-state index contributed by atoms with van der Waals surface area (Å²) in [5.41, 5.74) is 7.34. The van der Waals surface area contributed by atoms with Gasteiger partial charge in [-0.2, -0.15) is 0 Å². The maximum Gasteiger partial charge on any atom is 0.313 e. The number of carbonyl (C=O) groups excluding carboxylic acids is 3. The lowest BCUT2D eigenvalue weighted by molar-refractivity contribution is -0.136. The summed E-state index contributed by atoms with van der Waals surface area (Å²) in [7, 11) is 0. The van der Waals surface area contributed by atoms with Gasteiger partial charge in [-0.15, -0.1) is 0 Å². The Morgan fingerprint density at radius 2 is 1.56 bits per heavy atom. The quantitative estimate of drug-likeness (QED) is 0.525. The van der Waals surface area contributed by atoms with E-state index in [1.807, 2.05) is 30.3 Å². The van der Waals surface area contributed by atoms with Crippen LogP contribution in [0, 0.1) is 0 Å². The highest BCUT2D eigenvalue weighted by Gasteiger charge is 2.15. The van der Waals surface area contributed by atoms with Crippen molar-refractivity contribution in [3.05, 3.63) is 65.7 Å². The fourth-order valence-corrected chi connectivity index (χ4v) is 2.38. The molecule has 0 aliphatic rings. The van der Waals surface area contributed by atoms with E-state index in [1.54, 1.807) is 24.3 Å². The van der Waals surface area contributed by atoms with Crippen LogP contribution in [0.5, 0.6) is 0 Å². The first-order chi connectivity index (χ1) is 12.1. The number of primary amides is 1. The molecule has 4 N–H and O–H groups in total. The first-order valence-corrected chi connectivity index (χ1v) is 8.05. The first-order valence-electron chi connectivity index (χ1n) is 8.05. The summed E-state index contributed by atoms with van der Waals surface area (Å²) in [5, 5.41) is 5.11. The van der Waals surface area contributed by atoms with Crippen LogP contribution in [0.2, 0.25) is 0 Å². The molecule has 2 rings (SSSR count). The smallest absolute Gasteiger partial charge is 0.313 e. The highest BCUT2D eigenvalue weighted by atomic mass is 16.2. The van der Waals surface area contributed by atoms with Gasteiger partial charge in [0.05, 0.1) is 6.42 Å². The number of anilines is 1. The molecule has 0 heterocycles. The third kappa shape index (κ3) is 6.10. The van der Waals surface area contributed by atoms with Gasteiger partial charge in [-0.3, -0.25) is 14.4 Å². The van der Waals surface area contributed by atoms with Crippen LogP contribution in [0.3, 0.4) is 0 Å². The van der Waals surface area contributed by atoms with Crippen molar-refractivity contribution in [2.75, 3.05) is 11.9 Å². The van der Waals surface area contributed by atoms with E-state index in [9.17, 15) is 14.4 Å². The van der Waals surface area contributed by atoms with E-state index in [2.05, 4.69) is 10.6 Å². The fraction of sp³-hybridized carbons (Fsp3) is 0.211. The molecule has 0 saturated carbocycles. The van der Waals surface area contributed by atoms with Crippen LogP contribution in [0.25, 0.3) is 0 Å². The van der Waals surface area contributed by atoms with Crippen molar-refractivity contribution in [2.24, 2.45) is 5.73 Å². The molecular formula is C19H21N3O3. The molecule has 0 aromatic heterocycles. The van der Waals surface area contributed by atoms with Crippen molar-refractivity contribution in [2.45, 2.75) is 19.3 Å². The maximum atomic E-state index is 12.0. The maximum absolute atomic E-state index is 12.0. The molecule has 0 saturated heterocycles. The summed E-state index contributed by atoms with van der Waals surface area (Å²) < 4.78 is 0. The average Bonchev–Trinajstić information content (AvgIpc) is 2.60. The Kier molecular flexibility index (Phi) is 6.71. The highest BCUT2D eigenvalue weighted by molar-refractivity contribution is 6.39. The van der Waals surface area contributed by atoms with Gasteiger partial charge in [-0.25, -0.2) is 0 Å². The first kappa shape index (κ1) is 18.2. The topological polar surface area (TPSA) is 101 Å². The van der Waals surface area contributed by atoms with E-state index >= 15 is 0 Å². The largest absolute Gasteiger partial charge is 0.369 e. The molecule has 0 aliphatic heterocycles. The van der Waals surface area contributed by atoms with Crippen LogP contribution >= 0.6 is 0 Å². The molecule has 2 aromatic carbocycles. The van der Waals surface area contributed by atoms with Gasteiger partial charge in [-0.05, 0) is 30.0 Å². The Bertz CT molecular complexity index is 745. The van der Waals surface area contributed by atoms with Gasteiger partial charge in [0.15, 0.2) is 0 Å². The second kappa shape index (κ2) is 9.22. The molecule has 6 nitrogen and oxygen atoms in total. The van der Waals surface area contributed by atoms with E-state index in [0.717, 1.165) is 12.8 Å². The highest BCUT2D eigenvalue weighted by Crippen LogP contribution is 2.15. The second-order valence-electron chi connectivity index (χ2n) is 5.60. The summed E-state index contributed by atoms with van der Waals surface area (Å²) >= 11 is 0. The fourth-order valence-electron chi connectivity index (χ4n) is 2.38. The van der Waals surface area contributed by atoms with Gasteiger partial charge >= 0.3 is 11.8 Å². The lowest BCUT2D eigenvalue weighted by Gasteiger charge is -2.10. The molecule has 0 unspecified atom stereocenters. The van der Waals surface area contributed by atoms with Gasteiger partial charge in [0.25, 0.3) is 0 Å². The minimum absolute atomic E-state index is 0.00481. The molecule has 6 heteroatoms. The number of para-hydroxylation sites is 1. The number of aryl methyl sites for hydroxylation is 1. The van der Waals surface area contributed by atoms with Crippen LogP contribution < -0.4 is 16.4 Å². The van der Waals surface area contributed by atoms with Crippen molar-refractivity contribution < 1.29 is 14.4 Å². The Balaban J connectivity index is 1.80. The zero-order valence-electron chi connectivity index (χ0n) is 13.8.